The summed E-state index contributed by atoms with van der Waals surface area (Å²) in [5.74, 6) is -1.26. The largest absolute Gasteiger partial charge is 0.338 e. The normalized spacial score (nSPS) is 16.9. The maximum atomic E-state index is 13.9. The lowest BCUT2D eigenvalue weighted by molar-refractivity contribution is -0.121. The number of hydrogen-bond acceptors (Lipinski definition) is 2. The molecule has 1 fully saturated rings. The highest BCUT2D eigenvalue weighted by molar-refractivity contribution is 5.97. The number of carbonyl (C=O) groups is 2. The first-order valence-corrected chi connectivity index (χ1v) is 9.29. The molecule has 3 rings (SSSR count). The van der Waals surface area contributed by atoms with Crippen LogP contribution in [0.5, 0.6) is 0 Å². The van der Waals surface area contributed by atoms with Crippen molar-refractivity contribution in [1.29, 1.82) is 0 Å². The van der Waals surface area contributed by atoms with Gasteiger partial charge in [-0.15, -0.1) is 0 Å². The standard InChI is InChI=1S/C22H25FN2O2/c1-14-11-15(2)20(16(3)12-14)24-21(26)17-7-6-10-25(13-17)22(27)18-8-4-5-9-19(18)23/h4-5,8-9,11-12,17H,6-7,10,13H2,1-3H3,(H,24,26)/t17-/m1/s1. The third-order valence-electron chi connectivity index (χ3n) is 5.11. The van der Waals surface area contributed by atoms with E-state index in [2.05, 4.69) is 5.32 Å². The van der Waals surface area contributed by atoms with Crippen molar-refractivity contribution in [3.05, 3.63) is 64.5 Å². The summed E-state index contributed by atoms with van der Waals surface area (Å²) in [4.78, 5) is 27.0. The predicted molar refractivity (Wildman–Crippen MR) is 104 cm³/mol. The number of likely N-dealkylation sites (tertiary alicyclic amines) is 1. The molecular weight excluding hydrogens is 343 g/mol. The van der Waals surface area contributed by atoms with Crippen LogP contribution in [0.25, 0.3) is 0 Å². The summed E-state index contributed by atoms with van der Waals surface area (Å²) in [5.41, 5.74) is 4.10. The molecule has 4 nitrogen and oxygen atoms in total. The maximum Gasteiger partial charge on any atom is 0.256 e. The summed E-state index contributed by atoms with van der Waals surface area (Å²) in [5, 5.41) is 3.04. The topological polar surface area (TPSA) is 49.4 Å². The Kier molecular flexibility index (Phi) is 5.59. The van der Waals surface area contributed by atoms with Gasteiger partial charge in [0.1, 0.15) is 5.82 Å². The lowest BCUT2D eigenvalue weighted by Crippen LogP contribution is -2.44. The van der Waals surface area contributed by atoms with Crippen molar-refractivity contribution in [2.24, 2.45) is 5.92 Å². The van der Waals surface area contributed by atoms with Crippen LogP contribution in [0.1, 0.15) is 39.9 Å². The van der Waals surface area contributed by atoms with E-state index in [0.29, 0.717) is 13.1 Å². The third kappa shape index (κ3) is 4.18. The van der Waals surface area contributed by atoms with Gasteiger partial charge in [-0.3, -0.25) is 9.59 Å². The molecule has 0 aromatic heterocycles. The van der Waals surface area contributed by atoms with Crippen molar-refractivity contribution in [1.82, 2.24) is 4.90 Å². The van der Waals surface area contributed by atoms with Crippen molar-refractivity contribution >= 4 is 17.5 Å². The van der Waals surface area contributed by atoms with Gasteiger partial charge in [-0.05, 0) is 56.9 Å². The van der Waals surface area contributed by atoms with Gasteiger partial charge in [0.15, 0.2) is 0 Å². The molecule has 2 amide bonds. The molecule has 1 heterocycles. The molecule has 1 aliphatic heterocycles. The number of halogens is 1. The summed E-state index contributed by atoms with van der Waals surface area (Å²) in [7, 11) is 0. The van der Waals surface area contributed by atoms with E-state index in [-0.39, 0.29) is 23.3 Å². The number of nitrogens with zero attached hydrogens (tertiary/aromatic N) is 1. The smallest absolute Gasteiger partial charge is 0.256 e. The first-order chi connectivity index (χ1) is 12.9. The quantitative estimate of drug-likeness (QED) is 0.881. The molecule has 1 atom stereocenters. The average molecular weight is 368 g/mol. The van der Waals surface area contributed by atoms with Crippen LogP contribution in [0.4, 0.5) is 10.1 Å². The Hall–Kier alpha value is -2.69. The summed E-state index contributed by atoms with van der Waals surface area (Å²) in [6, 6.07) is 10.1. The van der Waals surface area contributed by atoms with Crippen LogP contribution in [0.3, 0.4) is 0 Å². The highest BCUT2D eigenvalue weighted by atomic mass is 19.1. The fourth-order valence-electron chi connectivity index (χ4n) is 3.78. The van der Waals surface area contributed by atoms with Crippen molar-refractivity contribution in [2.45, 2.75) is 33.6 Å². The fraction of sp³-hybridized carbons (Fsp3) is 0.364. The molecule has 2 aromatic rings. The Balaban J connectivity index is 1.72. The van der Waals surface area contributed by atoms with E-state index < -0.39 is 5.82 Å². The van der Waals surface area contributed by atoms with Crippen molar-refractivity contribution in [2.75, 3.05) is 18.4 Å². The van der Waals surface area contributed by atoms with Gasteiger partial charge in [-0.2, -0.15) is 0 Å². The number of piperidine rings is 1. The van der Waals surface area contributed by atoms with E-state index >= 15 is 0 Å². The van der Waals surface area contributed by atoms with Gasteiger partial charge < -0.3 is 10.2 Å². The number of nitrogens with one attached hydrogen (secondary N) is 1. The zero-order chi connectivity index (χ0) is 19.6. The van der Waals surface area contributed by atoms with Crippen LogP contribution in [0, 0.1) is 32.5 Å². The van der Waals surface area contributed by atoms with Crippen LogP contribution < -0.4 is 5.32 Å². The van der Waals surface area contributed by atoms with Gasteiger partial charge in [-0.1, -0.05) is 29.8 Å². The zero-order valence-corrected chi connectivity index (χ0v) is 16.0. The monoisotopic (exact) mass is 368 g/mol. The average Bonchev–Trinajstić information content (AvgIpc) is 2.64. The van der Waals surface area contributed by atoms with Gasteiger partial charge in [0.2, 0.25) is 5.91 Å². The van der Waals surface area contributed by atoms with Crippen LogP contribution in [0.15, 0.2) is 36.4 Å². The number of hydrogen-bond donors (Lipinski definition) is 1. The fourth-order valence-corrected chi connectivity index (χ4v) is 3.78. The summed E-state index contributed by atoms with van der Waals surface area (Å²) < 4.78 is 13.9. The Morgan fingerprint density at radius 2 is 1.78 bits per heavy atom. The second kappa shape index (κ2) is 7.91. The van der Waals surface area contributed by atoms with E-state index in [0.717, 1.165) is 35.2 Å². The molecule has 0 bridgehead atoms. The van der Waals surface area contributed by atoms with Crippen LogP contribution >= 0.6 is 0 Å². The number of carbonyl (C=O) groups excluding carboxylic acids is 2. The molecule has 0 spiro atoms. The number of amides is 2. The molecule has 5 heteroatoms. The Bertz CT molecular complexity index is 855. The van der Waals surface area contributed by atoms with Gasteiger partial charge in [-0.25, -0.2) is 4.39 Å². The van der Waals surface area contributed by atoms with Crippen molar-refractivity contribution in [3.63, 3.8) is 0 Å². The van der Waals surface area contributed by atoms with E-state index in [1.165, 1.54) is 12.1 Å². The molecule has 27 heavy (non-hydrogen) atoms. The maximum absolute atomic E-state index is 13.9. The van der Waals surface area contributed by atoms with Crippen LogP contribution in [0.2, 0.25) is 0 Å². The Labute approximate surface area is 159 Å². The molecule has 1 N–H and O–H groups in total. The second-order valence-electron chi connectivity index (χ2n) is 7.33. The summed E-state index contributed by atoms with van der Waals surface area (Å²) in [6.45, 7) is 6.83. The van der Waals surface area contributed by atoms with Crippen molar-refractivity contribution < 1.29 is 14.0 Å². The molecule has 0 saturated carbocycles. The predicted octanol–water partition coefficient (Wildman–Crippen LogP) is 4.24. The highest BCUT2D eigenvalue weighted by Crippen LogP contribution is 2.25. The third-order valence-corrected chi connectivity index (χ3v) is 5.11. The number of benzene rings is 2. The second-order valence-corrected chi connectivity index (χ2v) is 7.33. The van der Waals surface area contributed by atoms with Gasteiger partial charge >= 0.3 is 0 Å². The minimum Gasteiger partial charge on any atom is -0.338 e. The lowest BCUT2D eigenvalue weighted by atomic mass is 9.95. The molecule has 0 radical (unpaired) electrons. The molecule has 1 saturated heterocycles. The molecule has 142 valence electrons. The summed E-state index contributed by atoms with van der Waals surface area (Å²) >= 11 is 0. The van der Waals surface area contributed by atoms with Crippen molar-refractivity contribution in [3.8, 4) is 0 Å². The summed E-state index contributed by atoms with van der Waals surface area (Å²) in [6.07, 6.45) is 1.45. The van der Waals surface area contributed by atoms with Crippen LogP contribution in [-0.4, -0.2) is 29.8 Å². The lowest BCUT2D eigenvalue weighted by Gasteiger charge is -2.32. The minimum atomic E-state index is -0.528. The highest BCUT2D eigenvalue weighted by Gasteiger charge is 2.30. The van der Waals surface area contributed by atoms with Crippen LogP contribution in [-0.2, 0) is 4.79 Å². The number of anilines is 1. The SMILES string of the molecule is Cc1cc(C)c(NC(=O)[C@@H]2CCCN(C(=O)c3ccccc3F)C2)c(C)c1. The molecular formula is C22H25FN2O2. The first kappa shape index (κ1) is 19.1. The number of rotatable bonds is 3. The first-order valence-electron chi connectivity index (χ1n) is 9.29. The van der Waals surface area contributed by atoms with E-state index in [9.17, 15) is 14.0 Å². The molecule has 2 aromatic carbocycles. The van der Waals surface area contributed by atoms with Gasteiger partial charge in [0.05, 0.1) is 11.5 Å². The molecule has 0 aliphatic carbocycles. The van der Waals surface area contributed by atoms with E-state index in [1.807, 2.05) is 32.9 Å². The van der Waals surface area contributed by atoms with Gasteiger partial charge in [0, 0.05) is 18.8 Å². The molecule has 0 unspecified atom stereocenters. The number of aryl methyl sites for hydroxylation is 3. The minimum absolute atomic E-state index is 0.0591. The Morgan fingerprint density at radius 3 is 2.44 bits per heavy atom. The van der Waals surface area contributed by atoms with E-state index in [1.54, 1.807) is 17.0 Å². The zero-order valence-electron chi connectivity index (χ0n) is 16.0. The Morgan fingerprint density at radius 1 is 1.11 bits per heavy atom. The van der Waals surface area contributed by atoms with E-state index in [4.69, 9.17) is 0 Å². The molecule has 1 aliphatic rings. The van der Waals surface area contributed by atoms with Gasteiger partial charge in [0.25, 0.3) is 5.91 Å².